The number of halogens is 1. The number of aromatic nitrogens is 3. The number of rotatable bonds is 1. The first-order valence-electron chi connectivity index (χ1n) is 4.10. The van der Waals surface area contributed by atoms with Crippen LogP contribution < -0.4 is 5.73 Å². The number of hydrogen-bond acceptors (Lipinski definition) is 3. The van der Waals surface area contributed by atoms with E-state index in [2.05, 4.69) is 26.0 Å². The van der Waals surface area contributed by atoms with Crippen molar-refractivity contribution in [3.8, 4) is 5.82 Å². The number of nitrogen functional groups attached to an aromatic ring is 1. The Morgan fingerprint density at radius 3 is 2.86 bits per heavy atom. The minimum absolute atomic E-state index is 0.493. The van der Waals surface area contributed by atoms with Crippen molar-refractivity contribution in [2.24, 2.45) is 0 Å². The molecule has 2 rings (SSSR count). The zero-order chi connectivity index (χ0) is 10.1. The second-order valence-corrected chi connectivity index (χ2v) is 3.83. The Bertz CT molecular complexity index is 464. The highest BCUT2D eigenvalue weighted by Gasteiger charge is 2.02. The minimum Gasteiger partial charge on any atom is -0.382 e. The molecule has 0 aliphatic heterocycles. The fourth-order valence-corrected chi connectivity index (χ4v) is 1.33. The molecule has 72 valence electrons. The van der Waals surface area contributed by atoms with Crippen LogP contribution >= 0.6 is 15.9 Å². The van der Waals surface area contributed by atoms with Gasteiger partial charge in [-0.15, -0.1) is 5.10 Å². The normalized spacial score (nSPS) is 10.4. The summed E-state index contributed by atoms with van der Waals surface area (Å²) in [7, 11) is 0. The Kier molecular flexibility index (Phi) is 2.25. The molecular formula is C9H9BrN4. The largest absolute Gasteiger partial charge is 0.382 e. The van der Waals surface area contributed by atoms with Gasteiger partial charge in [0.05, 0.1) is 0 Å². The van der Waals surface area contributed by atoms with Gasteiger partial charge in [0, 0.05) is 22.9 Å². The number of nitrogens with two attached hydrogens (primary N) is 1. The van der Waals surface area contributed by atoms with E-state index in [-0.39, 0.29) is 0 Å². The predicted molar refractivity (Wildman–Crippen MR) is 58.2 cm³/mol. The Labute approximate surface area is 89.9 Å². The Morgan fingerprint density at radius 1 is 1.50 bits per heavy atom. The second kappa shape index (κ2) is 3.42. The van der Waals surface area contributed by atoms with Crippen molar-refractivity contribution in [1.82, 2.24) is 14.8 Å². The number of hydrogen-bond donors (Lipinski definition) is 1. The Balaban J connectivity index is 2.47. The zero-order valence-corrected chi connectivity index (χ0v) is 9.19. The fourth-order valence-electron chi connectivity index (χ4n) is 1.12. The fraction of sp³-hybridized carbons (Fsp3) is 0.111. The Hall–Kier alpha value is -1.36. The molecule has 0 spiro atoms. The van der Waals surface area contributed by atoms with Gasteiger partial charge in [0.1, 0.15) is 5.82 Å². The minimum atomic E-state index is 0.493. The number of aryl methyl sites for hydroxylation is 1. The standard InChI is InChI=1S/C9H9BrN4/c1-6-4-9(12-5-7(6)10)14-3-2-8(11)13-14/h2-5H,1H3,(H2,11,13). The lowest BCUT2D eigenvalue weighted by atomic mass is 10.3. The van der Waals surface area contributed by atoms with Crippen LogP contribution in [-0.2, 0) is 0 Å². The lowest BCUT2D eigenvalue weighted by Crippen LogP contribution is -1.99. The van der Waals surface area contributed by atoms with E-state index in [1.807, 2.05) is 13.0 Å². The van der Waals surface area contributed by atoms with E-state index < -0.39 is 0 Å². The lowest BCUT2D eigenvalue weighted by molar-refractivity contribution is 0.848. The number of nitrogens with zero attached hydrogens (tertiary/aromatic N) is 3. The van der Waals surface area contributed by atoms with Crippen LogP contribution in [-0.4, -0.2) is 14.8 Å². The molecule has 0 radical (unpaired) electrons. The highest BCUT2D eigenvalue weighted by Crippen LogP contribution is 2.16. The van der Waals surface area contributed by atoms with Gasteiger partial charge in [-0.05, 0) is 34.5 Å². The van der Waals surface area contributed by atoms with Gasteiger partial charge in [-0.3, -0.25) is 0 Å². The maximum Gasteiger partial charge on any atom is 0.153 e. The van der Waals surface area contributed by atoms with Crippen molar-refractivity contribution in [3.63, 3.8) is 0 Å². The molecule has 14 heavy (non-hydrogen) atoms. The molecule has 2 N–H and O–H groups in total. The average Bonchev–Trinajstić information content (AvgIpc) is 2.57. The van der Waals surface area contributed by atoms with E-state index in [4.69, 9.17) is 5.73 Å². The number of pyridine rings is 1. The first-order chi connectivity index (χ1) is 6.66. The van der Waals surface area contributed by atoms with Crippen LogP contribution in [0.5, 0.6) is 0 Å². The molecule has 0 aliphatic rings. The molecule has 2 aromatic heterocycles. The van der Waals surface area contributed by atoms with Gasteiger partial charge in [-0.1, -0.05) is 0 Å². The smallest absolute Gasteiger partial charge is 0.153 e. The van der Waals surface area contributed by atoms with Gasteiger partial charge in [0.25, 0.3) is 0 Å². The molecule has 0 amide bonds. The summed E-state index contributed by atoms with van der Waals surface area (Å²) in [5, 5.41) is 4.07. The van der Waals surface area contributed by atoms with Crippen molar-refractivity contribution >= 4 is 21.7 Å². The van der Waals surface area contributed by atoms with Crippen LogP contribution in [0, 0.1) is 6.92 Å². The Morgan fingerprint density at radius 2 is 2.29 bits per heavy atom. The average molecular weight is 253 g/mol. The maximum absolute atomic E-state index is 5.51. The molecule has 0 unspecified atom stereocenters. The third-order valence-electron chi connectivity index (χ3n) is 1.88. The summed E-state index contributed by atoms with van der Waals surface area (Å²) in [6.07, 6.45) is 3.54. The summed E-state index contributed by atoms with van der Waals surface area (Å²) in [6.45, 7) is 2.00. The van der Waals surface area contributed by atoms with E-state index in [1.54, 1.807) is 23.1 Å². The van der Waals surface area contributed by atoms with Crippen LogP contribution in [0.15, 0.2) is 29.0 Å². The molecule has 0 fully saturated rings. The van der Waals surface area contributed by atoms with Gasteiger partial charge in [0.2, 0.25) is 0 Å². The molecule has 0 aromatic carbocycles. The molecule has 4 nitrogen and oxygen atoms in total. The highest BCUT2D eigenvalue weighted by atomic mass is 79.9. The highest BCUT2D eigenvalue weighted by molar-refractivity contribution is 9.10. The maximum atomic E-state index is 5.51. The van der Waals surface area contributed by atoms with E-state index in [1.165, 1.54) is 0 Å². The van der Waals surface area contributed by atoms with Crippen molar-refractivity contribution in [1.29, 1.82) is 0 Å². The van der Waals surface area contributed by atoms with Crippen LogP contribution in [0.4, 0.5) is 5.82 Å². The van der Waals surface area contributed by atoms with E-state index in [0.717, 1.165) is 15.9 Å². The van der Waals surface area contributed by atoms with Crippen LogP contribution in [0.2, 0.25) is 0 Å². The third-order valence-corrected chi connectivity index (χ3v) is 2.71. The van der Waals surface area contributed by atoms with E-state index in [9.17, 15) is 0 Å². The molecule has 0 saturated heterocycles. The van der Waals surface area contributed by atoms with Gasteiger partial charge in [-0.2, -0.15) is 0 Å². The second-order valence-electron chi connectivity index (χ2n) is 2.98. The van der Waals surface area contributed by atoms with Gasteiger partial charge in [-0.25, -0.2) is 9.67 Å². The molecule has 0 atom stereocenters. The van der Waals surface area contributed by atoms with Crippen molar-refractivity contribution in [3.05, 3.63) is 34.6 Å². The third kappa shape index (κ3) is 1.63. The summed E-state index contributed by atoms with van der Waals surface area (Å²) in [5.41, 5.74) is 6.63. The van der Waals surface area contributed by atoms with Crippen molar-refractivity contribution in [2.75, 3.05) is 5.73 Å². The van der Waals surface area contributed by atoms with Crippen LogP contribution in [0.3, 0.4) is 0 Å². The number of anilines is 1. The SMILES string of the molecule is Cc1cc(-n2ccc(N)n2)ncc1Br. The molecule has 2 aromatic rings. The summed E-state index contributed by atoms with van der Waals surface area (Å²) in [4.78, 5) is 4.22. The first-order valence-corrected chi connectivity index (χ1v) is 4.90. The molecule has 0 saturated carbocycles. The monoisotopic (exact) mass is 252 g/mol. The van der Waals surface area contributed by atoms with E-state index in [0.29, 0.717) is 5.82 Å². The molecule has 2 heterocycles. The van der Waals surface area contributed by atoms with Gasteiger partial charge in [0.15, 0.2) is 5.82 Å². The van der Waals surface area contributed by atoms with Crippen LogP contribution in [0.1, 0.15) is 5.56 Å². The summed E-state index contributed by atoms with van der Waals surface area (Å²) < 4.78 is 2.63. The van der Waals surface area contributed by atoms with E-state index >= 15 is 0 Å². The summed E-state index contributed by atoms with van der Waals surface area (Å²) in [5.74, 6) is 1.26. The van der Waals surface area contributed by atoms with Gasteiger partial charge < -0.3 is 5.73 Å². The van der Waals surface area contributed by atoms with Crippen LogP contribution in [0.25, 0.3) is 5.82 Å². The topological polar surface area (TPSA) is 56.7 Å². The summed E-state index contributed by atoms with van der Waals surface area (Å²) >= 11 is 3.39. The molecular weight excluding hydrogens is 244 g/mol. The first kappa shape index (κ1) is 9.21. The van der Waals surface area contributed by atoms with Gasteiger partial charge >= 0.3 is 0 Å². The molecule has 5 heteroatoms. The predicted octanol–water partition coefficient (Wildman–Crippen LogP) is 1.92. The van der Waals surface area contributed by atoms with Crippen molar-refractivity contribution in [2.45, 2.75) is 6.92 Å². The lowest BCUT2D eigenvalue weighted by Gasteiger charge is -2.02. The quantitative estimate of drug-likeness (QED) is 0.844. The van der Waals surface area contributed by atoms with Crippen molar-refractivity contribution < 1.29 is 0 Å². The molecule has 0 aliphatic carbocycles. The summed E-state index contributed by atoms with van der Waals surface area (Å²) in [6, 6.07) is 3.68. The molecule has 0 bridgehead atoms. The zero-order valence-electron chi connectivity index (χ0n) is 7.61.